The number of rotatable bonds is 5. The first kappa shape index (κ1) is 18.3. The maximum atomic E-state index is 12.7. The van der Waals surface area contributed by atoms with Crippen LogP contribution in [0.3, 0.4) is 0 Å². The smallest absolute Gasteiger partial charge is 0.340 e. The number of aromatic amines is 1. The lowest BCUT2D eigenvalue weighted by Crippen LogP contribution is -2.15. The van der Waals surface area contributed by atoms with Crippen molar-refractivity contribution in [2.75, 3.05) is 5.32 Å². The van der Waals surface area contributed by atoms with E-state index in [2.05, 4.69) is 25.8 Å². The zero-order valence-electron chi connectivity index (χ0n) is 15.5. The SMILES string of the molecule is Cc1[nH]c(C(=O)Nc2cccc(-n3cnnn3)c2)c(C)c1C(=O)OC(C)C. The Labute approximate surface area is 155 Å². The fourth-order valence-corrected chi connectivity index (χ4v) is 2.76. The zero-order chi connectivity index (χ0) is 19.6. The lowest BCUT2D eigenvalue weighted by molar-refractivity contribution is 0.0376. The number of amides is 1. The molecule has 0 saturated heterocycles. The molecule has 0 fully saturated rings. The van der Waals surface area contributed by atoms with Gasteiger partial charge in [0, 0.05) is 11.4 Å². The van der Waals surface area contributed by atoms with Crippen molar-refractivity contribution in [2.45, 2.75) is 33.8 Å². The molecule has 0 radical (unpaired) electrons. The van der Waals surface area contributed by atoms with Gasteiger partial charge in [0.15, 0.2) is 0 Å². The summed E-state index contributed by atoms with van der Waals surface area (Å²) in [7, 11) is 0. The van der Waals surface area contributed by atoms with Crippen LogP contribution in [0.2, 0.25) is 0 Å². The largest absolute Gasteiger partial charge is 0.459 e. The number of hydrogen-bond acceptors (Lipinski definition) is 6. The Bertz CT molecular complexity index is 975. The van der Waals surface area contributed by atoms with E-state index in [9.17, 15) is 9.59 Å². The summed E-state index contributed by atoms with van der Waals surface area (Å²) in [6.45, 7) is 7.01. The number of H-pyrrole nitrogens is 1. The van der Waals surface area contributed by atoms with Crippen LogP contribution >= 0.6 is 0 Å². The summed E-state index contributed by atoms with van der Waals surface area (Å²) < 4.78 is 6.74. The van der Waals surface area contributed by atoms with Gasteiger partial charge in [0.05, 0.1) is 17.4 Å². The van der Waals surface area contributed by atoms with Crippen molar-refractivity contribution in [1.82, 2.24) is 25.2 Å². The first-order valence-electron chi connectivity index (χ1n) is 8.41. The van der Waals surface area contributed by atoms with E-state index in [1.54, 1.807) is 45.9 Å². The molecule has 140 valence electrons. The van der Waals surface area contributed by atoms with E-state index in [4.69, 9.17) is 4.74 Å². The van der Waals surface area contributed by atoms with Crippen LogP contribution in [0.15, 0.2) is 30.6 Å². The van der Waals surface area contributed by atoms with Gasteiger partial charge in [0.2, 0.25) is 0 Å². The summed E-state index contributed by atoms with van der Waals surface area (Å²) in [6, 6.07) is 7.10. The average molecular weight is 368 g/mol. The molecule has 0 unspecified atom stereocenters. The quantitative estimate of drug-likeness (QED) is 0.669. The maximum absolute atomic E-state index is 12.7. The Morgan fingerprint density at radius 1 is 1.26 bits per heavy atom. The number of tetrazole rings is 1. The summed E-state index contributed by atoms with van der Waals surface area (Å²) in [5.41, 5.74) is 3.12. The highest BCUT2D eigenvalue weighted by molar-refractivity contribution is 6.06. The Kier molecular flexibility index (Phi) is 5.02. The van der Waals surface area contributed by atoms with Crippen LogP contribution in [0.1, 0.15) is 46.0 Å². The molecule has 0 saturated carbocycles. The van der Waals surface area contributed by atoms with E-state index in [1.165, 1.54) is 11.0 Å². The standard InChI is InChI=1S/C18H20N6O3/c1-10(2)27-18(26)15-11(3)16(20-12(15)4)17(25)21-13-6-5-7-14(8-13)24-9-19-22-23-24/h5-10,20H,1-4H3,(H,21,25). The summed E-state index contributed by atoms with van der Waals surface area (Å²) >= 11 is 0. The normalized spacial score (nSPS) is 10.9. The summed E-state index contributed by atoms with van der Waals surface area (Å²) in [6.07, 6.45) is 1.23. The maximum Gasteiger partial charge on any atom is 0.340 e. The zero-order valence-corrected chi connectivity index (χ0v) is 15.5. The van der Waals surface area contributed by atoms with Gasteiger partial charge >= 0.3 is 5.97 Å². The first-order chi connectivity index (χ1) is 12.9. The van der Waals surface area contributed by atoms with Gasteiger partial charge in [0.1, 0.15) is 12.0 Å². The highest BCUT2D eigenvalue weighted by Gasteiger charge is 2.23. The number of nitrogens with one attached hydrogen (secondary N) is 2. The molecule has 27 heavy (non-hydrogen) atoms. The number of anilines is 1. The average Bonchev–Trinajstić information content (AvgIpc) is 3.22. The molecular weight excluding hydrogens is 348 g/mol. The lowest BCUT2D eigenvalue weighted by Gasteiger charge is -2.09. The van der Waals surface area contributed by atoms with Crippen LogP contribution < -0.4 is 5.32 Å². The summed E-state index contributed by atoms with van der Waals surface area (Å²) in [5, 5.41) is 13.8. The molecule has 9 heteroatoms. The fourth-order valence-electron chi connectivity index (χ4n) is 2.76. The van der Waals surface area contributed by atoms with E-state index >= 15 is 0 Å². The van der Waals surface area contributed by atoms with Gasteiger partial charge in [0.25, 0.3) is 5.91 Å². The lowest BCUT2D eigenvalue weighted by atomic mass is 10.1. The van der Waals surface area contributed by atoms with Crippen molar-refractivity contribution in [3.8, 4) is 5.69 Å². The van der Waals surface area contributed by atoms with E-state index in [-0.39, 0.29) is 12.0 Å². The Morgan fingerprint density at radius 3 is 2.70 bits per heavy atom. The topological polar surface area (TPSA) is 115 Å². The highest BCUT2D eigenvalue weighted by atomic mass is 16.5. The molecular formula is C18H20N6O3. The van der Waals surface area contributed by atoms with Crippen LogP contribution in [0, 0.1) is 13.8 Å². The second kappa shape index (κ2) is 7.40. The van der Waals surface area contributed by atoms with Gasteiger partial charge in [-0.1, -0.05) is 6.07 Å². The molecule has 9 nitrogen and oxygen atoms in total. The van der Waals surface area contributed by atoms with Crippen LogP contribution in [-0.4, -0.2) is 43.2 Å². The predicted octanol–water partition coefficient (Wildman–Crippen LogP) is 2.42. The number of aromatic nitrogens is 5. The molecule has 2 heterocycles. The van der Waals surface area contributed by atoms with E-state index in [0.717, 1.165) is 0 Å². The van der Waals surface area contributed by atoms with Crippen LogP contribution in [-0.2, 0) is 4.74 Å². The van der Waals surface area contributed by atoms with E-state index in [0.29, 0.717) is 33.9 Å². The summed E-state index contributed by atoms with van der Waals surface area (Å²) in [5.74, 6) is -0.802. The van der Waals surface area contributed by atoms with Crippen molar-refractivity contribution < 1.29 is 14.3 Å². The van der Waals surface area contributed by atoms with Crippen molar-refractivity contribution in [1.29, 1.82) is 0 Å². The second-order valence-corrected chi connectivity index (χ2v) is 6.34. The van der Waals surface area contributed by atoms with Crippen LogP contribution in [0.25, 0.3) is 5.69 Å². The van der Waals surface area contributed by atoms with Gasteiger partial charge < -0.3 is 15.0 Å². The van der Waals surface area contributed by atoms with Crippen molar-refractivity contribution in [3.05, 3.63) is 53.1 Å². The van der Waals surface area contributed by atoms with Gasteiger partial charge in [-0.25, -0.2) is 9.48 Å². The third kappa shape index (κ3) is 3.86. The molecule has 0 atom stereocenters. The number of ether oxygens (including phenoxy) is 1. The molecule has 0 aliphatic rings. The molecule has 1 amide bonds. The molecule has 0 aliphatic heterocycles. The van der Waals surface area contributed by atoms with Gasteiger partial charge in [-0.3, -0.25) is 4.79 Å². The van der Waals surface area contributed by atoms with Gasteiger partial charge in [-0.05, 0) is 61.9 Å². The van der Waals surface area contributed by atoms with Gasteiger partial charge in [-0.2, -0.15) is 0 Å². The molecule has 0 bridgehead atoms. The minimum Gasteiger partial charge on any atom is -0.459 e. The van der Waals surface area contributed by atoms with Crippen molar-refractivity contribution >= 4 is 17.6 Å². The molecule has 2 aromatic heterocycles. The van der Waals surface area contributed by atoms with E-state index < -0.39 is 5.97 Å². The van der Waals surface area contributed by atoms with E-state index in [1.807, 2.05) is 6.07 Å². The molecule has 0 aliphatic carbocycles. The van der Waals surface area contributed by atoms with Crippen LogP contribution in [0.5, 0.6) is 0 Å². The molecule has 2 N–H and O–H groups in total. The minimum absolute atomic E-state index is 0.238. The molecule has 3 aromatic rings. The number of benzene rings is 1. The third-order valence-electron chi connectivity index (χ3n) is 3.93. The fraction of sp³-hybridized carbons (Fsp3) is 0.278. The van der Waals surface area contributed by atoms with Crippen molar-refractivity contribution in [3.63, 3.8) is 0 Å². The monoisotopic (exact) mass is 368 g/mol. The Hall–Kier alpha value is -3.49. The Morgan fingerprint density at radius 2 is 2.04 bits per heavy atom. The third-order valence-corrected chi connectivity index (χ3v) is 3.93. The number of aryl methyl sites for hydroxylation is 1. The Balaban J connectivity index is 1.83. The molecule has 3 rings (SSSR count). The number of nitrogens with zero attached hydrogens (tertiary/aromatic N) is 4. The summed E-state index contributed by atoms with van der Waals surface area (Å²) in [4.78, 5) is 28.0. The molecule has 1 aromatic carbocycles. The number of carbonyl (C=O) groups is 2. The number of carbonyl (C=O) groups excluding carboxylic acids is 2. The molecule has 0 spiro atoms. The first-order valence-corrected chi connectivity index (χ1v) is 8.41. The number of esters is 1. The van der Waals surface area contributed by atoms with Crippen LogP contribution in [0.4, 0.5) is 5.69 Å². The highest BCUT2D eigenvalue weighted by Crippen LogP contribution is 2.21. The number of hydrogen-bond donors (Lipinski definition) is 2. The second-order valence-electron chi connectivity index (χ2n) is 6.34. The van der Waals surface area contributed by atoms with Crippen molar-refractivity contribution in [2.24, 2.45) is 0 Å². The van der Waals surface area contributed by atoms with Gasteiger partial charge in [-0.15, -0.1) is 5.10 Å². The minimum atomic E-state index is -0.448. The predicted molar refractivity (Wildman–Crippen MR) is 97.9 cm³/mol.